The van der Waals surface area contributed by atoms with Gasteiger partial charge in [0.05, 0.1) is 6.04 Å². The maximum atomic E-state index is 12.3. The van der Waals surface area contributed by atoms with Crippen LogP contribution in [0.15, 0.2) is 42.5 Å². The molecule has 1 unspecified atom stereocenters. The second kappa shape index (κ2) is 8.69. The molecule has 3 amide bonds. The van der Waals surface area contributed by atoms with Crippen LogP contribution < -0.4 is 16.4 Å². The van der Waals surface area contributed by atoms with Gasteiger partial charge in [0.1, 0.15) is 0 Å². The molecule has 0 heterocycles. The second-order valence-corrected chi connectivity index (χ2v) is 7.07. The molecule has 6 nitrogen and oxygen atoms in total. The molecule has 146 valence electrons. The van der Waals surface area contributed by atoms with Gasteiger partial charge in [-0.2, -0.15) is 0 Å². The lowest BCUT2D eigenvalue weighted by Crippen LogP contribution is -2.43. The molecule has 0 radical (unpaired) electrons. The molecule has 0 saturated heterocycles. The van der Waals surface area contributed by atoms with Crippen LogP contribution in [0.4, 0.5) is 5.69 Å². The summed E-state index contributed by atoms with van der Waals surface area (Å²) >= 11 is 0. The minimum atomic E-state index is -0.974. The number of hydrogen-bond acceptors (Lipinski definition) is 4. The average molecular weight is 379 g/mol. The first-order chi connectivity index (χ1) is 13.5. The number of carbonyl (C=O) groups excluding carboxylic acids is 3. The van der Waals surface area contributed by atoms with Crippen LogP contribution >= 0.6 is 0 Å². The summed E-state index contributed by atoms with van der Waals surface area (Å²) in [5, 5.41) is 4.85. The predicted octanol–water partition coefficient (Wildman–Crippen LogP) is 2.67. The first kappa shape index (κ1) is 19.6. The number of carbonyl (C=O) groups is 3. The molecule has 6 heteroatoms. The number of benzene rings is 2. The van der Waals surface area contributed by atoms with E-state index in [0.717, 1.165) is 18.4 Å². The Balaban J connectivity index is 1.64. The van der Waals surface area contributed by atoms with E-state index in [1.807, 2.05) is 13.0 Å². The maximum absolute atomic E-state index is 12.3. The average Bonchev–Trinajstić information content (AvgIpc) is 2.71. The smallest absolute Gasteiger partial charge is 0.316 e. The van der Waals surface area contributed by atoms with E-state index in [0.29, 0.717) is 12.1 Å². The highest BCUT2D eigenvalue weighted by Gasteiger charge is 2.22. The van der Waals surface area contributed by atoms with Gasteiger partial charge in [0.2, 0.25) is 0 Å². The zero-order valence-corrected chi connectivity index (χ0v) is 16.0. The number of hydrogen-bond donors (Lipinski definition) is 3. The van der Waals surface area contributed by atoms with Crippen molar-refractivity contribution in [1.82, 2.24) is 10.6 Å². The molecule has 0 aromatic heterocycles. The van der Waals surface area contributed by atoms with Gasteiger partial charge >= 0.3 is 11.8 Å². The largest absolute Gasteiger partial charge is 0.399 e. The van der Waals surface area contributed by atoms with E-state index in [2.05, 4.69) is 22.8 Å². The van der Waals surface area contributed by atoms with Crippen molar-refractivity contribution in [1.29, 1.82) is 0 Å². The van der Waals surface area contributed by atoms with Crippen molar-refractivity contribution in [3.8, 4) is 0 Å². The number of aryl methyl sites for hydroxylation is 2. The Bertz CT molecular complexity index is 890. The summed E-state index contributed by atoms with van der Waals surface area (Å²) in [4.78, 5) is 36.5. The van der Waals surface area contributed by atoms with Crippen LogP contribution in [0.5, 0.6) is 0 Å². The molecular weight excluding hydrogens is 354 g/mol. The van der Waals surface area contributed by atoms with Crippen LogP contribution in [0.3, 0.4) is 0 Å². The van der Waals surface area contributed by atoms with E-state index < -0.39 is 17.7 Å². The Kier molecular flexibility index (Phi) is 6.09. The normalized spacial score (nSPS) is 13.9. The molecule has 0 aliphatic heterocycles. The minimum Gasteiger partial charge on any atom is -0.399 e. The Morgan fingerprint density at radius 2 is 1.64 bits per heavy atom. The number of fused-ring (bicyclic) bond motifs is 1. The van der Waals surface area contributed by atoms with Gasteiger partial charge < -0.3 is 11.1 Å². The molecule has 1 aliphatic carbocycles. The highest BCUT2D eigenvalue weighted by molar-refractivity contribution is 6.38. The first-order valence-electron chi connectivity index (χ1n) is 9.61. The van der Waals surface area contributed by atoms with Crippen molar-refractivity contribution in [3.05, 3.63) is 64.7 Å². The number of nitrogen functional groups attached to an aromatic ring is 1. The number of nitrogens with one attached hydrogen (secondary N) is 2. The van der Waals surface area contributed by atoms with Gasteiger partial charge in [-0.3, -0.25) is 19.7 Å². The summed E-state index contributed by atoms with van der Waals surface area (Å²) < 4.78 is 0. The molecule has 4 N–H and O–H groups in total. The van der Waals surface area contributed by atoms with Crippen LogP contribution in [0.25, 0.3) is 0 Å². The lowest BCUT2D eigenvalue weighted by Gasteiger charge is -2.21. The van der Waals surface area contributed by atoms with Gasteiger partial charge in [0.25, 0.3) is 5.91 Å². The summed E-state index contributed by atoms with van der Waals surface area (Å²) in [5.74, 6) is -2.44. The monoisotopic (exact) mass is 379 g/mol. The molecule has 2 aromatic rings. The fourth-order valence-corrected chi connectivity index (χ4v) is 3.48. The predicted molar refractivity (Wildman–Crippen MR) is 108 cm³/mol. The lowest BCUT2D eigenvalue weighted by molar-refractivity contribution is -0.139. The third-order valence-corrected chi connectivity index (χ3v) is 5.09. The summed E-state index contributed by atoms with van der Waals surface area (Å²) in [5.41, 5.74) is 10.0. The standard InChI is InChI=1S/C22H25N3O3/c1-2-19(17-8-7-14-5-3-4-6-16(14)13-17)24-21(27)22(28)25-20(26)15-9-11-18(23)12-10-15/h7-13,19H,2-6,23H2,1H3,(H,24,27)(H,25,26,28). The SMILES string of the molecule is CCC(NC(=O)C(=O)NC(=O)c1ccc(N)cc1)c1ccc2c(c1)CCCC2. The van der Waals surface area contributed by atoms with E-state index in [1.54, 1.807) is 12.1 Å². The Hall–Kier alpha value is -3.15. The third-order valence-electron chi connectivity index (χ3n) is 5.09. The number of imide groups is 1. The van der Waals surface area contributed by atoms with E-state index in [4.69, 9.17) is 5.73 Å². The maximum Gasteiger partial charge on any atom is 0.316 e. The minimum absolute atomic E-state index is 0.261. The van der Waals surface area contributed by atoms with Gasteiger partial charge in [0, 0.05) is 11.3 Å². The first-order valence-corrected chi connectivity index (χ1v) is 9.61. The molecule has 0 spiro atoms. The van der Waals surface area contributed by atoms with Crippen molar-refractivity contribution in [2.45, 2.75) is 45.1 Å². The molecular formula is C22H25N3O3. The highest BCUT2D eigenvalue weighted by atomic mass is 16.2. The summed E-state index contributed by atoms with van der Waals surface area (Å²) in [7, 11) is 0. The zero-order valence-electron chi connectivity index (χ0n) is 16.0. The molecule has 2 aromatic carbocycles. The number of anilines is 1. The number of nitrogens with two attached hydrogens (primary N) is 1. The van der Waals surface area contributed by atoms with E-state index >= 15 is 0 Å². The highest BCUT2D eigenvalue weighted by Crippen LogP contribution is 2.26. The van der Waals surface area contributed by atoms with Crippen molar-refractivity contribution >= 4 is 23.4 Å². The van der Waals surface area contributed by atoms with Crippen molar-refractivity contribution in [3.63, 3.8) is 0 Å². The third kappa shape index (κ3) is 4.57. The van der Waals surface area contributed by atoms with E-state index in [9.17, 15) is 14.4 Å². The number of amides is 3. The lowest BCUT2D eigenvalue weighted by atomic mass is 9.89. The van der Waals surface area contributed by atoms with Crippen LogP contribution in [0, 0.1) is 0 Å². The Morgan fingerprint density at radius 1 is 0.964 bits per heavy atom. The summed E-state index contributed by atoms with van der Waals surface area (Å²) in [6.45, 7) is 1.95. The summed E-state index contributed by atoms with van der Waals surface area (Å²) in [6.07, 6.45) is 5.17. The number of rotatable bonds is 4. The molecule has 0 fully saturated rings. The van der Waals surface area contributed by atoms with E-state index in [1.165, 1.54) is 36.1 Å². The van der Waals surface area contributed by atoms with Gasteiger partial charge in [-0.05, 0) is 73.1 Å². The van der Waals surface area contributed by atoms with Crippen molar-refractivity contribution in [2.24, 2.45) is 0 Å². The fourth-order valence-electron chi connectivity index (χ4n) is 3.48. The molecule has 0 saturated carbocycles. The molecule has 1 aliphatic rings. The van der Waals surface area contributed by atoms with Crippen LogP contribution in [0.2, 0.25) is 0 Å². The molecule has 0 bridgehead atoms. The topological polar surface area (TPSA) is 101 Å². The quantitative estimate of drug-likeness (QED) is 0.561. The van der Waals surface area contributed by atoms with Gasteiger partial charge in [-0.1, -0.05) is 25.1 Å². The van der Waals surface area contributed by atoms with Crippen LogP contribution in [-0.2, 0) is 22.4 Å². The molecule has 28 heavy (non-hydrogen) atoms. The second-order valence-electron chi connectivity index (χ2n) is 7.07. The fraction of sp³-hybridized carbons (Fsp3) is 0.318. The Morgan fingerprint density at radius 3 is 2.32 bits per heavy atom. The van der Waals surface area contributed by atoms with Crippen molar-refractivity contribution in [2.75, 3.05) is 5.73 Å². The van der Waals surface area contributed by atoms with Gasteiger partial charge in [-0.25, -0.2) is 0 Å². The van der Waals surface area contributed by atoms with Crippen LogP contribution in [0.1, 0.15) is 59.3 Å². The summed E-state index contributed by atoms with van der Waals surface area (Å²) in [6, 6.07) is 12.1. The van der Waals surface area contributed by atoms with Gasteiger partial charge in [0.15, 0.2) is 0 Å². The van der Waals surface area contributed by atoms with Gasteiger partial charge in [-0.15, -0.1) is 0 Å². The van der Waals surface area contributed by atoms with Crippen LogP contribution in [-0.4, -0.2) is 17.7 Å². The van der Waals surface area contributed by atoms with E-state index in [-0.39, 0.29) is 11.6 Å². The zero-order chi connectivity index (χ0) is 20.1. The molecule has 3 rings (SSSR count). The molecule has 1 atom stereocenters. The van der Waals surface area contributed by atoms with Crippen molar-refractivity contribution < 1.29 is 14.4 Å². The Labute approximate surface area is 164 Å².